The molecule has 0 spiro atoms. The largest absolute Gasteiger partial charge is 0.322 e. The van der Waals surface area contributed by atoms with E-state index in [9.17, 15) is 9.18 Å². The Morgan fingerprint density at radius 3 is 2.67 bits per heavy atom. The minimum absolute atomic E-state index is 0.230. The van der Waals surface area contributed by atoms with Crippen LogP contribution in [0.2, 0.25) is 0 Å². The molecule has 1 amide bonds. The van der Waals surface area contributed by atoms with Crippen LogP contribution < -0.4 is 5.32 Å². The van der Waals surface area contributed by atoms with E-state index in [1.165, 1.54) is 12.1 Å². The number of hydrogen-bond donors (Lipinski definition) is 1. The van der Waals surface area contributed by atoms with Crippen molar-refractivity contribution in [3.8, 4) is 0 Å². The molecular weight excluding hydrogens is 307 g/mol. The monoisotopic (exact) mass is 324 g/mol. The Labute approximate surface area is 138 Å². The number of amides is 1. The van der Waals surface area contributed by atoms with E-state index < -0.39 is 0 Å². The number of rotatable bonds is 3. The zero-order chi connectivity index (χ0) is 16.8. The topological polar surface area (TPSA) is 59.8 Å². The number of fused-ring (bicyclic) bond motifs is 1. The number of nitrogens with one attached hydrogen (secondary N) is 1. The highest BCUT2D eigenvalue weighted by molar-refractivity contribution is 6.12. The highest BCUT2D eigenvalue weighted by Gasteiger charge is 2.28. The van der Waals surface area contributed by atoms with Gasteiger partial charge in [-0.1, -0.05) is 0 Å². The van der Waals surface area contributed by atoms with Crippen LogP contribution in [0.3, 0.4) is 0 Å². The van der Waals surface area contributed by atoms with Gasteiger partial charge < -0.3 is 5.32 Å². The second kappa shape index (κ2) is 5.40. The van der Waals surface area contributed by atoms with Crippen LogP contribution in [0.1, 0.15) is 40.5 Å². The highest BCUT2D eigenvalue weighted by atomic mass is 19.1. The van der Waals surface area contributed by atoms with E-state index in [1.807, 2.05) is 20.0 Å². The first-order chi connectivity index (χ1) is 11.5. The van der Waals surface area contributed by atoms with Crippen LogP contribution in [-0.4, -0.2) is 20.7 Å². The lowest BCUT2D eigenvalue weighted by Gasteiger charge is -2.09. The first kappa shape index (κ1) is 14.8. The van der Waals surface area contributed by atoms with Crippen LogP contribution in [0.5, 0.6) is 0 Å². The molecule has 0 atom stereocenters. The van der Waals surface area contributed by atoms with Crippen LogP contribution >= 0.6 is 0 Å². The summed E-state index contributed by atoms with van der Waals surface area (Å²) in [6, 6.07) is 7.60. The Kier molecular flexibility index (Phi) is 3.33. The molecule has 2 aromatic heterocycles. The summed E-state index contributed by atoms with van der Waals surface area (Å²) < 4.78 is 14.7. The molecule has 4 rings (SSSR count). The number of aryl methyl sites for hydroxylation is 2. The number of nitrogens with zero attached hydrogens (tertiary/aromatic N) is 3. The van der Waals surface area contributed by atoms with Gasteiger partial charge in [-0.15, -0.1) is 0 Å². The summed E-state index contributed by atoms with van der Waals surface area (Å²) in [4.78, 5) is 17.5. The zero-order valence-corrected chi connectivity index (χ0v) is 13.5. The van der Waals surface area contributed by atoms with Gasteiger partial charge in [-0.25, -0.2) is 9.37 Å². The minimum Gasteiger partial charge on any atom is -0.322 e. The Morgan fingerprint density at radius 2 is 2.00 bits per heavy atom. The zero-order valence-electron chi connectivity index (χ0n) is 13.5. The number of anilines is 1. The fourth-order valence-corrected chi connectivity index (χ4v) is 2.96. The molecule has 1 N–H and O–H groups in total. The minimum atomic E-state index is -0.335. The lowest BCUT2D eigenvalue weighted by Crippen LogP contribution is -2.13. The van der Waals surface area contributed by atoms with Gasteiger partial charge in [0.15, 0.2) is 5.65 Å². The average molecular weight is 324 g/mol. The number of carbonyl (C=O) groups is 1. The fourth-order valence-electron chi connectivity index (χ4n) is 2.96. The van der Waals surface area contributed by atoms with Crippen LogP contribution in [0, 0.1) is 12.7 Å². The Bertz CT molecular complexity index is 942. The maximum absolute atomic E-state index is 13.0. The molecule has 5 nitrogen and oxygen atoms in total. The quantitative estimate of drug-likeness (QED) is 0.801. The maximum Gasteiger partial charge on any atom is 0.256 e. The van der Waals surface area contributed by atoms with Gasteiger partial charge in [-0.05, 0) is 50.1 Å². The normalized spacial score (nSPS) is 14.1. The lowest BCUT2D eigenvalue weighted by molar-refractivity contribution is 0.102. The smallest absolute Gasteiger partial charge is 0.256 e. The van der Waals surface area contributed by atoms with Crippen molar-refractivity contribution in [1.29, 1.82) is 0 Å². The first-order valence-electron chi connectivity index (χ1n) is 7.94. The number of halogens is 1. The van der Waals surface area contributed by atoms with Crippen LogP contribution in [-0.2, 0) is 7.05 Å². The van der Waals surface area contributed by atoms with E-state index in [0.29, 0.717) is 17.2 Å². The predicted molar refractivity (Wildman–Crippen MR) is 89.6 cm³/mol. The van der Waals surface area contributed by atoms with Gasteiger partial charge in [0.25, 0.3) is 5.91 Å². The summed E-state index contributed by atoms with van der Waals surface area (Å²) in [7, 11) is 1.83. The number of hydrogen-bond acceptors (Lipinski definition) is 3. The lowest BCUT2D eigenvalue weighted by atomic mass is 10.1. The van der Waals surface area contributed by atoms with Crippen molar-refractivity contribution < 1.29 is 9.18 Å². The molecule has 1 saturated carbocycles. The molecule has 0 saturated heterocycles. The van der Waals surface area contributed by atoms with Crippen molar-refractivity contribution in [2.45, 2.75) is 25.7 Å². The molecule has 1 aliphatic carbocycles. The third kappa shape index (κ3) is 2.54. The molecule has 24 heavy (non-hydrogen) atoms. The van der Waals surface area contributed by atoms with Gasteiger partial charge in [-0.2, -0.15) is 5.10 Å². The Balaban J connectivity index is 1.79. The molecule has 122 valence electrons. The standard InChI is InChI=1S/C18H17FN4O/c1-10-16-14(18(24)20-13-7-5-12(19)6-8-13)9-15(11-3-4-11)21-17(16)23(2)22-10/h5-9,11H,3-4H2,1-2H3,(H,20,24). The first-order valence-corrected chi connectivity index (χ1v) is 7.94. The molecule has 2 heterocycles. The molecule has 3 aromatic rings. The van der Waals surface area contributed by atoms with Crippen LogP contribution in [0.25, 0.3) is 11.0 Å². The summed E-state index contributed by atoms with van der Waals surface area (Å²) in [5.41, 5.74) is 3.56. The molecule has 1 aliphatic rings. The molecule has 1 fully saturated rings. The third-order valence-corrected chi connectivity index (χ3v) is 4.33. The van der Waals surface area contributed by atoms with E-state index in [4.69, 9.17) is 4.98 Å². The van der Waals surface area contributed by atoms with Crippen molar-refractivity contribution >= 4 is 22.6 Å². The van der Waals surface area contributed by atoms with E-state index >= 15 is 0 Å². The van der Waals surface area contributed by atoms with E-state index in [2.05, 4.69) is 10.4 Å². The summed E-state index contributed by atoms with van der Waals surface area (Å²) in [5, 5.41) is 7.99. The highest BCUT2D eigenvalue weighted by Crippen LogP contribution is 2.40. The van der Waals surface area contributed by atoms with Crippen molar-refractivity contribution in [1.82, 2.24) is 14.8 Å². The van der Waals surface area contributed by atoms with Crippen molar-refractivity contribution in [2.75, 3.05) is 5.32 Å². The molecule has 0 aliphatic heterocycles. The summed E-state index contributed by atoms with van der Waals surface area (Å²) in [5.74, 6) is -0.132. The molecule has 0 radical (unpaired) electrons. The second-order valence-corrected chi connectivity index (χ2v) is 6.24. The fraction of sp³-hybridized carbons (Fsp3) is 0.278. The van der Waals surface area contributed by atoms with Crippen molar-refractivity contribution in [2.24, 2.45) is 7.05 Å². The number of carbonyl (C=O) groups excluding carboxylic acids is 1. The second-order valence-electron chi connectivity index (χ2n) is 6.24. The van der Waals surface area contributed by atoms with Gasteiger partial charge in [0.05, 0.1) is 16.6 Å². The third-order valence-electron chi connectivity index (χ3n) is 4.33. The average Bonchev–Trinajstić information content (AvgIpc) is 3.36. The molecular formula is C18H17FN4O. The van der Waals surface area contributed by atoms with E-state index in [-0.39, 0.29) is 11.7 Å². The van der Waals surface area contributed by atoms with Crippen LogP contribution in [0.4, 0.5) is 10.1 Å². The van der Waals surface area contributed by atoms with Crippen molar-refractivity contribution in [3.05, 3.63) is 53.1 Å². The van der Waals surface area contributed by atoms with Gasteiger partial charge in [-0.3, -0.25) is 9.48 Å². The number of aromatic nitrogens is 3. The van der Waals surface area contributed by atoms with E-state index in [1.54, 1.807) is 16.8 Å². The Hall–Kier alpha value is -2.76. The van der Waals surface area contributed by atoms with E-state index in [0.717, 1.165) is 35.3 Å². The number of benzene rings is 1. The van der Waals surface area contributed by atoms with Gasteiger partial charge >= 0.3 is 0 Å². The number of pyridine rings is 1. The molecule has 0 unspecified atom stereocenters. The Morgan fingerprint density at radius 1 is 1.29 bits per heavy atom. The summed E-state index contributed by atoms with van der Waals surface area (Å²) in [6.07, 6.45) is 2.21. The van der Waals surface area contributed by atoms with Gasteiger partial charge in [0.2, 0.25) is 0 Å². The van der Waals surface area contributed by atoms with Gasteiger partial charge in [0.1, 0.15) is 5.82 Å². The van der Waals surface area contributed by atoms with Crippen LogP contribution in [0.15, 0.2) is 30.3 Å². The molecule has 1 aromatic carbocycles. The van der Waals surface area contributed by atoms with Crippen molar-refractivity contribution in [3.63, 3.8) is 0 Å². The van der Waals surface area contributed by atoms with Gasteiger partial charge in [0, 0.05) is 24.3 Å². The molecule has 0 bridgehead atoms. The molecule has 6 heteroatoms. The predicted octanol–water partition coefficient (Wildman–Crippen LogP) is 3.55. The summed E-state index contributed by atoms with van der Waals surface area (Å²) >= 11 is 0. The maximum atomic E-state index is 13.0. The SMILES string of the molecule is Cc1nn(C)c2nc(C3CC3)cc(C(=O)Nc3ccc(F)cc3)c12. The summed E-state index contributed by atoms with van der Waals surface area (Å²) in [6.45, 7) is 1.87.